The van der Waals surface area contributed by atoms with Crippen molar-refractivity contribution in [3.05, 3.63) is 70.2 Å². The molecule has 1 heterocycles. The van der Waals surface area contributed by atoms with Gasteiger partial charge in [-0.2, -0.15) is 4.57 Å². The van der Waals surface area contributed by atoms with Crippen molar-refractivity contribution in [3.8, 4) is 11.5 Å². The molecule has 0 unspecified atom stereocenters. The lowest BCUT2D eigenvalue weighted by Gasteiger charge is -2.13. The molecule has 0 spiro atoms. The standard InChI is InChI=1S/C31H42N2O3S/c1-4-5-6-7-8-9-10-11-12-13-19-36-30-21-27(17-18-29(30)35-3)31(34)32-28-16-14-15-26(20-28)23-33-22-25(2)37-24-33/h14-18,20-22,24H,4-13,19,23H2,1-3H3/p+1. The van der Waals surface area contributed by atoms with Crippen LogP contribution >= 0.6 is 11.3 Å². The molecule has 200 valence electrons. The third kappa shape index (κ3) is 10.2. The van der Waals surface area contributed by atoms with Crippen LogP contribution in [0.15, 0.2) is 54.2 Å². The monoisotopic (exact) mass is 523 g/mol. The van der Waals surface area contributed by atoms with E-state index in [1.165, 1.54) is 56.2 Å². The molecule has 5 nitrogen and oxygen atoms in total. The summed E-state index contributed by atoms with van der Waals surface area (Å²) < 4.78 is 13.6. The molecule has 3 aromatic rings. The Bertz CT molecular complexity index is 1100. The van der Waals surface area contributed by atoms with Gasteiger partial charge in [0.25, 0.3) is 5.91 Å². The minimum atomic E-state index is -0.164. The number of unbranched alkanes of at least 4 members (excludes halogenated alkanes) is 9. The first-order chi connectivity index (χ1) is 18.1. The maximum Gasteiger partial charge on any atom is 0.255 e. The number of methoxy groups -OCH3 is 1. The van der Waals surface area contributed by atoms with Gasteiger partial charge in [-0.1, -0.05) is 88.2 Å². The lowest BCUT2D eigenvalue weighted by molar-refractivity contribution is -0.683. The molecule has 0 aliphatic carbocycles. The summed E-state index contributed by atoms with van der Waals surface area (Å²) in [5.74, 6) is 1.10. The summed E-state index contributed by atoms with van der Waals surface area (Å²) in [6.45, 7) is 5.76. The van der Waals surface area contributed by atoms with Crippen molar-refractivity contribution in [1.82, 2.24) is 0 Å². The molecule has 2 aromatic carbocycles. The van der Waals surface area contributed by atoms with Gasteiger partial charge in [0.05, 0.1) is 18.6 Å². The predicted molar refractivity (Wildman–Crippen MR) is 153 cm³/mol. The molecule has 0 aliphatic heterocycles. The molecule has 1 N–H and O–H groups in total. The second-order valence-corrected chi connectivity index (χ2v) is 10.8. The molecule has 0 saturated heterocycles. The van der Waals surface area contributed by atoms with Gasteiger partial charge >= 0.3 is 0 Å². The largest absolute Gasteiger partial charge is 0.493 e. The van der Waals surface area contributed by atoms with E-state index >= 15 is 0 Å². The number of rotatable bonds is 17. The van der Waals surface area contributed by atoms with E-state index in [1.54, 1.807) is 36.6 Å². The zero-order valence-corrected chi connectivity index (χ0v) is 23.6. The van der Waals surface area contributed by atoms with Gasteiger partial charge in [0.1, 0.15) is 0 Å². The van der Waals surface area contributed by atoms with Crippen LogP contribution in [0.4, 0.5) is 5.69 Å². The fraction of sp³-hybridized carbons (Fsp3) is 0.484. The van der Waals surface area contributed by atoms with E-state index in [-0.39, 0.29) is 5.91 Å². The topological polar surface area (TPSA) is 51.4 Å². The van der Waals surface area contributed by atoms with Gasteiger partial charge in [-0.3, -0.25) is 4.79 Å². The third-order valence-electron chi connectivity index (χ3n) is 6.45. The predicted octanol–water partition coefficient (Wildman–Crippen LogP) is 7.95. The quantitative estimate of drug-likeness (QED) is 0.144. The number of aromatic nitrogens is 1. The van der Waals surface area contributed by atoms with Crippen LogP contribution in [0.2, 0.25) is 0 Å². The number of carbonyl (C=O) groups excluding carboxylic acids is 1. The Hall–Kier alpha value is -2.86. The van der Waals surface area contributed by atoms with Crippen molar-refractivity contribution >= 4 is 22.9 Å². The molecule has 0 saturated carbocycles. The van der Waals surface area contributed by atoms with Gasteiger partial charge in [-0.25, -0.2) is 0 Å². The second-order valence-electron chi connectivity index (χ2n) is 9.69. The molecular weight excluding hydrogens is 480 g/mol. The molecule has 1 aromatic heterocycles. The molecule has 0 fully saturated rings. The highest BCUT2D eigenvalue weighted by atomic mass is 32.1. The van der Waals surface area contributed by atoms with Gasteiger partial charge < -0.3 is 14.8 Å². The van der Waals surface area contributed by atoms with Gasteiger partial charge in [0.15, 0.2) is 24.2 Å². The maximum atomic E-state index is 13.0. The number of thiazole rings is 1. The Balaban J connectivity index is 1.46. The van der Waals surface area contributed by atoms with Gasteiger partial charge in [0.2, 0.25) is 5.51 Å². The van der Waals surface area contributed by atoms with Gasteiger partial charge in [-0.05, 0) is 43.7 Å². The number of hydrogen-bond acceptors (Lipinski definition) is 4. The lowest BCUT2D eigenvalue weighted by Crippen LogP contribution is -2.30. The summed E-state index contributed by atoms with van der Waals surface area (Å²) in [4.78, 5) is 14.3. The average molecular weight is 524 g/mol. The highest BCUT2D eigenvalue weighted by Crippen LogP contribution is 2.29. The molecule has 0 atom stereocenters. The minimum Gasteiger partial charge on any atom is -0.493 e. The molecule has 0 aliphatic rings. The Morgan fingerprint density at radius 3 is 2.32 bits per heavy atom. The zero-order chi connectivity index (χ0) is 26.3. The smallest absolute Gasteiger partial charge is 0.255 e. The van der Waals surface area contributed by atoms with Crippen LogP contribution in [-0.4, -0.2) is 19.6 Å². The lowest BCUT2D eigenvalue weighted by atomic mass is 10.1. The van der Waals surface area contributed by atoms with Crippen LogP contribution in [-0.2, 0) is 6.54 Å². The Kier molecular flexibility index (Phi) is 12.5. The van der Waals surface area contributed by atoms with Crippen molar-refractivity contribution in [3.63, 3.8) is 0 Å². The third-order valence-corrected chi connectivity index (χ3v) is 7.31. The van der Waals surface area contributed by atoms with Crippen molar-refractivity contribution in [1.29, 1.82) is 0 Å². The number of benzene rings is 2. The van der Waals surface area contributed by atoms with E-state index in [2.05, 4.69) is 41.5 Å². The summed E-state index contributed by atoms with van der Waals surface area (Å²) in [7, 11) is 1.63. The fourth-order valence-electron chi connectivity index (χ4n) is 4.39. The van der Waals surface area contributed by atoms with Gasteiger partial charge in [-0.15, -0.1) is 0 Å². The van der Waals surface area contributed by atoms with E-state index in [1.807, 2.05) is 18.2 Å². The normalized spacial score (nSPS) is 10.9. The summed E-state index contributed by atoms with van der Waals surface area (Å²) >= 11 is 1.72. The second kappa shape index (κ2) is 16.1. The number of nitrogens with zero attached hydrogens (tertiary/aromatic N) is 1. The highest BCUT2D eigenvalue weighted by Gasteiger charge is 2.13. The van der Waals surface area contributed by atoms with Crippen LogP contribution in [0.3, 0.4) is 0 Å². The molecule has 1 amide bonds. The SMILES string of the molecule is CCCCCCCCCCCCOc1cc(C(=O)Nc2cccc(C[n+]3csc(C)c3)c2)ccc1OC. The van der Waals surface area contributed by atoms with Crippen molar-refractivity contribution in [2.45, 2.75) is 84.6 Å². The molecule has 0 bridgehead atoms. The van der Waals surface area contributed by atoms with E-state index < -0.39 is 0 Å². The van der Waals surface area contributed by atoms with Crippen molar-refractivity contribution < 1.29 is 18.8 Å². The Labute approximate surface area is 226 Å². The van der Waals surface area contributed by atoms with Crippen molar-refractivity contribution in [2.75, 3.05) is 19.0 Å². The van der Waals surface area contributed by atoms with E-state index in [0.29, 0.717) is 23.7 Å². The van der Waals surface area contributed by atoms with E-state index in [9.17, 15) is 4.79 Å². The summed E-state index contributed by atoms with van der Waals surface area (Å²) in [6, 6.07) is 13.3. The van der Waals surface area contributed by atoms with Crippen LogP contribution in [0.25, 0.3) is 0 Å². The molecule has 3 rings (SSSR count). The number of hydrogen-bond donors (Lipinski definition) is 1. The van der Waals surface area contributed by atoms with Crippen LogP contribution in [0.1, 0.15) is 91.9 Å². The number of aryl methyl sites for hydroxylation is 1. The van der Waals surface area contributed by atoms with E-state index in [4.69, 9.17) is 9.47 Å². The molecule has 37 heavy (non-hydrogen) atoms. The minimum absolute atomic E-state index is 0.164. The first kappa shape index (κ1) is 28.7. The Morgan fingerprint density at radius 2 is 1.65 bits per heavy atom. The summed E-state index contributed by atoms with van der Waals surface area (Å²) in [5, 5.41) is 3.02. The fourth-order valence-corrected chi connectivity index (χ4v) is 5.03. The van der Waals surface area contributed by atoms with E-state index in [0.717, 1.165) is 30.6 Å². The number of anilines is 1. The molecular formula is C31H43N2O3S+. The zero-order valence-electron chi connectivity index (χ0n) is 22.8. The summed E-state index contributed by atoms with van der Waals surface area (Å²) in [6.07, 6.45) is 15.0. The van der Waals surface area contributed by atoms with Crippen LogP contribution < -0.4 is 19.4 Å². The number of carbonyl (C=O) groups is 1. The number of amides is 1. The number of ether oxygens (including phenoxy) is 2. The van der Waals surface area contributed by atoms with Crippen LogP contribution in [0.5, 0.6) is 11.5 Å². The first-order valence-electron chi connectivity index (χ1n) is 13.7. The van der Waals surface area contributed by atoms with Crippen molar-refractivity contribution in [2.24, 2.45) is 0 Å². The maximum absolute atomic E-state index is 13.0. The molecule has 6 heteroatoms. The average Bonchev–Trinajstić information content (AvgIpc) is 3.31. The van der Waals surface area contributed by atoms with Gasteiger partial charge in [0, 0.05) is 16.8 Å². The Morgan fingerprint density at radius 1 is 0.919 bits per heavy atom. The highest BCUT2D eigenvalue weighted by molar-refractivity contribution is 7.09. The summed E-state index contributed by atoms with van der Waals surface area (Å²) in [5.41, 5.74) is 4.57. The number of nitrogens with one attached hydrogen (secondary N) is 1. The first-order valence-corrected chi connectivity index (χ1v) is 14.6. The van der Waals surface area contributed by atoms with Crippen LogP contribution in [0, 0.1) is 6.92 Å². The molecule has 0 radical (unpaired) electrons.